The Hall–Kier alpha value is -1.98. The van der Waals surface area contributed by atoms with Crippen molar-refractivity contribution in [2.75, 3.05) is 13.2 Å². The molecular weight excluding hydrogens is 449 g/mol. The highest BCUT2D eigenvalue weighted by Gasteiger charge is 2.14. The van der Waals surface area contributed by atoms with Crippen LogP contribution in [0.5, 0.6) is 0 Å². The van der Waals surface area contributed by atoms with Crippen molar-refractivity contribution in [3.63, 3.8) is 0 Å². The van der Waals surface area contributed by atoms with E-state index in [9.17, 15) is 0 Å². The molecule has 0 aliphatic heterocycles. The quantitative estimate of drug-likeness (QED) is 0.192. The second kappa shape index (κ2) is 9.88. The Morgan fingerprint density at radius 3 is 1.88 bits per heavy atom. The lowest BCUT2D eigenvalue weighted by Gasteiger charge is -2.04. The van der Waals surface area contributed by atoms with Crippen molar-refractivity contribution in [3.05, 3.63) is 71.8 Å². The number of hydrogen-bond acceptors (Lipinski definition) is 4. The number of ether oxygens (including phenoxy) is 1. The third kappa shape index (κ3) is 4.69. The molecule has 0 aliphatic carbocycles. The average Bonchev–Trinajstić information content (AvgIpc) is 3.48. The molecule has 0 atom stereocenters. The zero-order valence-corrected chi connectivity index (χ0v) is 21.1. The van der Waals surface area contributed by atoms with Crippen LogP contribution in [-0.4, -0.2) is 13.2 Å². The van der Waals surface area contributed by atoms with E-state index >= 15 is 0 Å². The molecule has 0 amide bonds. The third-order valence-corrected chi connectivity index (χ3v) is 9.73. The summed E-state index contributed by atoms with van der Waals surface area (Å²) in [5.74, 6) is 0. The summed E-state index contributed by atoms with van der Waals surface area (Å²) in [6.45, 7) is 5.93. The molecule has 32 heavy (non-hydrogen) atoms. The minimum Gasteiger partial charge on any atom is -0.382 e. The SMILES string of the molecule is CCOCCCCCc1ccc(-c2cc3sc4cc(-c5ccc(C)cc5)sc4c3s2)cc1. The maximum atomic E-state index is 5.43. The fourth-order valence-corrected chi connectivity index (χ4v) is 8.06. The largest absolute Gasteiger partial charge is 0.382 e. The van der Waals surface area contributed by atoms with Gasteiger partial charge in [-0.2, -0.15) is 0 Å². The Morgan fingerprint density at radius 2 is 1.28 bits per heavy atom. The maximum Gasteiger partial charge on any atom is 0.0636 e. The van der Waals surface area contributed by atoms with Crippen LogP contribution >= 0.6 is 34.0 Å². The molecule has 1 nitrogen and oxygen atoms in total. The Kier molecular flexibility index (Phi) is 6.74. The summed E-state index contributed by atoms with van der Waals surface area (Å²) < 4.78 is 11.1. The molecular formula is C28H28OS3. The van der Waals surface area contributed by atoms with Crippen molar-refractivity contribution >= 4 is 52.8 Å². The van der Waals surface area contributed by atoms with Crippen LogP contribution in [-0.2, 0) is 11.2 Å². The van der Waals surface area contributed by atoms with Crippen LogP contribution in [0, 0.1) is 6.92 Å². The molecule has 0 unspecified atom stereocenters. The zero-order valence-electron chi connectivity index (χ0n) is 18.6. The Labute approximate surface area is 202 Å². The molecule has 0 N–H and O–H groups in total. The predicted octanol–water partition coefficient (Wildman–Crippen LogP) is 9.57. The molecule has 0 bridgehead atoms. The fourth-order valence-electron chi connectivity index (χ4n) is 4.03. The Bertz CT molecular complexity index is 1300. The molecule has 5 rings (SSSR count). The molecule has 0 radical (unpaired) electrons. The van der Waals surface area contributed by atoms with Gasteiger partial charge in [0.15, 0.2) is 0 Å². The number of benzene rings is 2. The van der Waals surface area contributed by atoms with Gasteiger partial charge in [0.2, 0.25) is 0 Å². The molecule has 3 heterocycles. The smallest absolute Gasteiger partial charge is 0.0636 e. The van der Waals surface area contributed by atoms with Crippen LogP contribution in [0.15, 0.2) is 60.7 Å². The van der Waals surface area contributed by atoms with Crippen LogP contribution in [0.2, 0.25) is 0 Å². The first-order valence-electron chi connectivity index (χ1n) is 11.4. The van der Waals surface area contributed by atoms with Gasteiger partial charge in [-0.3, -0.25) is 0 Å². The van der Waals surface area contributed by atoms with Gasteiger partial charge in [-0.25, -0.2) is 0 Å². The van der Waals surface area contributed by atoms with Gasteiger partial charge >= 0.3 is 0 Å². The van der Waals surface area contributed by atoms with Crippen LogP contribution in [0.4, 0.5) is 0 Å². The van der Waals surface area contributed by atoms with E-state index in [0.717, 1.165) is 19.6 Å². The number of aryl methyl sites for hydroxylation is 2. The molecule has 0 fully saturated rings. The highest BCUT2D eigenvalue weighted by Crippen LogP contribution is 2.47. The summed E-state index contributed by atoms with van der Waals surface area (Å²) in [6, 6.07) is 22.8. The van der Waals surface area contributed by atoms with Crippen LogP contribution in [0.25, 0.3) is 39.7 Å². The molecule has 164 valence electrons. The fraction of sp³-hybridized carbons (Fsp3) is 0.286. The van der Waals surface area contributed by atoms with Crippen molar-refractivity contribution in [2.24, 2.45) is 0 Å². The predicted molar refractivity (Wildman–Crippen MR) is 145 cm³/mol. The highest BCUT2D eigenvalue weighted by atomic mass is 32.1. The summed E-state index contributed by atoms with van der Waals surface area (Å²) in [6.07, 6.45) is 4.80. The van der Waals surface area contributed by atoms with Gasteiger partial charge in [0.1, 0.15) is 0 Å². The lowest BCUT2D eigenvalue weighted by Crippen LogP contribution is -1.94. The van der Waals surface area contributed by atoms with Crippen molar-refractivity contribution < 1.29 is 4.74 Å². The molecule has 5 aromatic rings. The summed E-state index contributed by atoms with van der Waals surface area (Å²) in [5.41, 5.74) is 5.40. The van der Waals surface area contributed by atoms with Gasteiger partial charge in [0.05, 0.1) is 9.40 Å². The standard InChI is InChI=1S/C28H28OS3/c1-3-29-16-6-4-5-7-20-10-14-22(15-11-20)24-18-26-28(32-24)27-25(30-26)17-23(31-27)21-12-8-19(2)9-13-21/h8-15,17-18H,3-7,16H2,1-2H3. The van der Waals surface area contributed by atoms with Crippen molar-refractivity contribution in [1.29, 1.82) is 0 Å². The van der Waals surface area contributed by atoms with E-state index in [1.165, 1.54) is 70.1 Å². The van der Waals surface area contributed by atoms with Gasteiger partial charge in [-0.05, 0) is 61.9 Å². The maximum absolute atomic E-state index is 5.43. The van der Waals surface area contributed by atoms with E-state index in [0.29, 0.717) is 0 Å². The molecule has 4 heteroatoms. The van der Waals surface area contributed by atoms with Crippen molar-refractivity contribution in [2.45, 2.75) is 39.5 Å². The number of fused-ring (bicyclic) bond motifs is 3. The lowest BCUT2D eigenvalue weighted by atomic mass is 10.0. The molecule has 2 aromatic carbocycles. The summed E-state index contributed by atoms with van der Waals surface area (Å²) >= 11 is 5.80. The Morgan fingerprint density at radius 1 is 0.688 bits per heavy atom. The van der Waals surface area contributed by atoms with Crippen LogP contribution in [0.1, 0.15) is 37.3 Å². The monoisotopic (exact) mass is 476 g/mol. The zero-order chi connectivity index (χ0) is 21.9. The second-order valence-corrected chi connectivity index (χ2v) is 11.5. The van der Waals surface area contributed by atoms with Crippen LogP contribution in [0.3, 0.4) is 0 Å². The number of thiophene rings is 3. The number of unbranched alkanes of at least 4 members (excludes halogenated alkanes) is 2. The topological polar surface area (TPSA) is 9.23 Å². The van der Waals surface area contributed by atoms with Crippen molar-refractivity contribution in [3.8, 4) is 20.9 Å². The van der Waals surface area contributed by atoms with Gasteiger partial charge < -0.3 is 4.74 Å². The Balaban J connectivity index is 1.30. The molecule has 0 saturated heterocycles. The summed E-state index contributed by atoms with van der Waals surface area (Å²) in [5, 5.41) is 0. The van der Waals surface area contributed by atoms with E-state index in [4.69, 9.17) is 4.74 Å². The van der Waals surface area contributed by atoms with Gasteiger partial charge in [-0.1, -0.05) is 60.5 Å². The van der Waals surface area contributed by atoms with Gasteiger partial charge in [0, 0.05) is 32.4 Å². The third-order valence-electron chi connectivity index (χ3n) is 5.85. The number of rotatable bonds is 9. The normalized spacial score (nSPS) is 11.7. The lowest BCUT2D eigenvalue weighted by molar-refractivity contribution is 0.143. The van der Waals surface area contributed by atoms with E-state index < -0.39 is 0 Å². The second-order valence-electron chi connectivity index (χ2n) is 8.28. The minimum absolute atomic E-state index is 0.827. The molecule has 0 saturated carbocycles. The van der Waals surface area contributed by atoms with Crippen molar-refractivity contribution in [1.82, 2.24) is 0 Å². The summed E-state index contributed by atoms with van der Waals surface area (Å²) in [4.78, 5) is 2.75. The first kappa shape index (κ1) is 21.8. The molecule has 3 aromatic heterocycles. The molecule has 0 spiro atoms. The number of hydrogen-bond donors (Lipinski definition) is 0. The van der Waals surface area contributed by atoms with Gasteiger partial charge in [-0.15, -0.1) is 34.0 Å². The average molecular weight is 477 g/mol. The first-order chi connectivity index (χ1) is 15.7. The van der Waals surface area contributed by atoms with Crippen LogP contribution < -0.4 is 0 Å². The highest BCUT2D eigenvalue weighted by molar-refractivity contribution is 7.40. The summed E-state index contributed by atoms with van der Waals surface area (Å²) in [7, 11) is 0. The molecule has 0 aliphatic rings. The van der Waals surface area contributed by atoms with E-state index in [-0.39, 0.29) is 0 Å². The minimum atomic E-state index is 0.827. The van der Waals surface area contributed by atoms with E-state index in [1.54, 1.807) is 0 Å². The van der Waals surface area contributed by atoms with E-state index in [2.05, 4.69) is 74.5 Å². The van der Waals surface area contributed by atoms with Gasteiger partial charge in [0.25, 0.3) is 0 Å². The van der Waals surface area contributed by atoms with E-state index in [1.807, 2.05) is 34.0 Å². The first-order valence-corrected chi connectivity index (χ1v) is 13.9.